The van der Waals surface area contributed by atoms with Crippen LogP contribution in [0.3, 0.4) is 0 Å². The summed E-state index contributed by atoms with van der Waals surface area (Å²) in [6, 6.07) is 4.75. The van der Waals surface area contributed by atoms with Crippen molar-refractivity contribution >= 4 is 34.1 Å². The second kappa shape index (κ2) is 7.98. The number of carboxylic acid groups (broad SMARTS) is 1. The van der Waals surface area contributed by atoms with Gasteiger partial charge in [-0.3, -0.25) is 14.4 Å². The normalized spacial score (nSPS) is 10.7. The second-order valence-electron chi connectivity index (χ2n) is 5.79. The average molecular weight is 364 g/mol. The van der Waals surface area contributed by atoms with Crippen LogP contribution in [0.15, 0.2) is 28.9 Å². The predicted molar refractivity (Wildman–Crippen MR) is 94.1 cm³/mol. The third kappa shape index (κ3) is 4.69. The Labute approximate surface area is 149 Å². The summed E-state index contributed by atoms with van der Waals surface area (Å²) in [6.45, 7) is 5.59. The highest BCUT2D eigenvalue weighted by molar-refractivity contribution is 7.18. The molecule has 134 valence electrons. The zero-order valence-corrected chi connectivity index (χ0v) is 15.1. The third-order valence-electron chi connectivity index (χ3n) is 3.54. The van der Waals surface area contributed by atoms with Crippen molar-refractivity contribution in [1.29, 1.82) is 0 Å². The number of furan rings is 1. The number of hydrogen-bond donors (Lipinski definition) is 2. The number of nitrogens with zero attached hydrogens (tertiary/aromatic N) is 1. The van der Waals surface area contributed by atoms with E-state index in [9.17, 15) is 14.4 Å². The number of anilines is 1. The number of nitrogens with one attached hydrogen (secondary N) is 1. The summed E-state index contributed by atoms with van der Waals surface area (Å²) < 4.78 is 5.04. The molecule has 0 aromatic carbocycles. The van der Waals surface area contributed by atoms with Gasteiger partial charge in [-0.05, 0) is 44.5 Å². The molecular formula is C17H20N2O5S. The molecule has 0 spiro atoms. The molecule has 2 heterocycles. The first-order valence-corrected chi connectivity index (χ1v) is 8.59. The number of amides is 2. The molecule has 0 saturated heterocycles. The minimum absolute atomic E-state index is 0.115. The molecule has 7 nitrogen and oxygen atoms in total. The van der Waals surface area contributed by atoms with E-state index in [2.05, 4.69) is 5.32 Å². The summed E-state index contributed by atoms with van der Waals surface area (Å²) >= 11 is 1.16. The van der Waals surface area contributed by atoms with Crippen LogP contribution >= 0.6 is 11.3 Å². The van der Waals surface area contributed by atoms with E-state index in [1.807, 2.05) is 13.8 Å². The van der Waals surface area contributed by atoms with E-state index in [4.69, 9.17) is 9.52 Å². The molecule has 0 aliphatic heterocycles. The highest BCUT2D eigenvalue weighted by Gasteiger charge is 2.24. The zero-order valence-electron chi connectivity index (χ0n) is 14.2. The van der Waals surface area contributed by atoms with Gasteiger partial charge in [0.15, 0.2) is 5.76 Å². The molecule has 2 N–H and O–H groups in total. The van der Waals surface area contributed by atoms with Crippen molar-refractivity contribution in [3.8, 4) is 0 Å². The lowest BCUT2D eigenvalue weighted by Crippen LogP contribution is -2.38. The van der Waals surface area contributed by atoms with Crippen molar-refractivity contribution in [2.45, 2.75) is 33.2 Å². The van der Waals surface area contributed by atoms with Gasteiger partial charge in [-0.2, -0.15) is 0 Å². The monoisotopic (exact) mass is 364 g/mol. The van der Waals surface area contributed by atoms with Crippen molar-refractivity contribution in [2.24, 2.45) is 0 Å². The Morgan fingerprint density at radius 3 is 2.64 bits per heavy atom. The number of carbonyl (C=O) groups excluding carboxylic acids is 2. The van der Waals surface area contributed by atoms with Crippen LogP contribution in [0, 0.1) is 6.92 Å². The SMILES string of the molecule is Cc1cc(NC(=O)c2ccco2)sc1C(=O)N(CCC(=O)O)C(C)C. The fourth-order valence-electron chi connectivity index (χ4n) is 2.28. The molecule has 0 fully saturated rings. The molecular weight excluding hydrogens is 344 g/mol. The Morgan fingerprint density at radius 1 is 1.36 bits per heavy atom. The van der Waals surface area contributed by atoms with Gasteiger partial charge in [0.05, 0.1) is 22.6 Å². The van der Waals surface area contributed by atoms with Crippen LogP contribution in [0.5, 0.6) is 0 Å². The van der Waals surface area contributed by atoms with Gasteiger partial charge in [0.25, 0.3) is 11.8 Å². The standard InChI is InChI=1S/C17H20N2O5S/c1-10(2)19(7-6-14(20)21)17(23)15-11(3)9-13(25-15)18-16(22)12-5-4-8-24-12/h4-5,8-10H,6-7H2,1-3H3,(H,18,22)(H,20,21). The fraction of sp³-hybridized carbons (Fsp3) is 0.353. The van der Waals surface area contributed by atoms with Gasteiger partial charge in [-0.1, -0.05) is 0 Å². The first-order chi connectivity index (χ1) is 11.8. The molecule has 0 unspecified atom stereocenters. The first kappa shape index (κ1) is 18.7. The molecule has 2 amide bonds. The van der Waals surface area contributed by atoms with Gasteiger partial charge < -0.3 is 19.7 Å². The second-order valence-corrected chi connectivity index (χ2v) is 6.84. The highest BCUT2D eigenvalue weighted by atomic mass is 32.1. The highest BCUT2D eigenvalue weighted by Crippen LogP contribution is 2.29. The number of aliphatic carboxylic acids is 1. The van der Waals surface area contributed by atoms with Crippen molar-refractivity contribution in [3.05, 3.63) is 40.7 Å². The van der Waals surface area contributed by atoms with E-state index >= 15 is 0 Å². The topological polar surface area (TPSA) is 99.9 Å². The Kier molecular flexibility index (Phi) is 5.97. The van der Waals surface area contributed by atoms with E-state index in [0.29, 0.717) is 9.88 Å². The van der Waals surface area contributed by atoms with Crippen LogP contribution in [0.4, 0.5) is 5.00 Å². The summed E-state index contributed by atoms with van der Waals surface area (Å²) in [6.07, 6.45) is 1.29. The summed E-state index contributed by atoms with van der Waals surface area (Å²) in [5.74, 6) is -1.40. The van der Waals surface area contributed by atoms with Gasteiger partial charge in [-0.15, -0.1) is 11.3 Å². The van der Waals surface area contributed by atoms with Crippen LogP contribution in [0.25, 0.3) is 0 Å². The first-order valence-electron chi connectivity index (χ1n) is 7.77. The molecule has 0 atom stereocenters. The van der Waals surface area contributed by atoms with Gasteiger partial charge in [0, 0.05) is 12.6 Å². The molecule has 2 aromatic heterocycles. The molecule has 8 heteroatoms. The summed E-state index contributed by atoms with van der Waals surface area (Å²) in [7, 11) is 0. The van der Waals surface area contributed by atoms with Crippen LogP contribution in [0.1, 0.15) is 46.1 Å². The minimum Gasteiger partial charge on any atom is -0.481 e. The lowest BCUT2D eigenvalue weighted by Gasteiger charge is -2.25. The van der Waals surface area contributed by atoms with Gasteiger partial charge >= 0.3 is 5.97 Å². The molecule has 25 heavy (non-hydrogen) atoms. The molecule has 2 rings (SSSR count). The van der Waals surface area contributed by atoms with E-state index in [0.717, 1.165) is 16.9 Å². The van der Waals surface area contributed by atoms with Crippen molar-refractivity contribution < 1.29 is 23.9 Å². The number of carboxylic acids is 1. The maximum Gasteiger partial charge on any atom is 0.305 e. The predicted octanol–water partition coefficient (Wildman–Crippen LogP) is 3.23. The lowest BCUT2D eigenvalue weighted by molar-refractivity contribution is -0.137. The summed E-state index contributed by atoms with van der Waals surface area (Å²) in [5, 5.41) is 12.1. The number of aryl methyl sites for hydroxylation is 1. The minimum atomic E-state index is -0.951. The van der Waals surface area contributed by atoms with Gasteiger partial charge in [-0.25, -0.2) is 0 Å². The van der Waals surface area contributed by atoms with Crippen molar-refractivity contribution in [2.75, 3.05) is 11.9 Å². The van der Waals surface area contributed by atoms with Crippen LogP contribution < -0.4 is 5.32 Å². The van der Waals surface area contributed by atoms with E-state index < -0.39 is 11.9 Å². The van der Waals surface area contributed by atoms with Crippen LogP contribution in [-0.2, 0) is 4.79 Å². The van der Waals surface area contributed by atoms with E-state index in [1.165, 1.54) is 11.2 Å². The van der Waals surface area contributed by atoms with Gasteiger partial charge in [0.2, 0.25) is 0 Å². The Bertz CT molecular complexity index is 764. The van der Waals surface area contributed by atoms with Crippen molar-refractivity contribution in [3.63, 3.8) is 0 Å². The molecule has 0 aliphatic rings. The number of thiophene rings is 1. The molecule has 0 radical (unpaired) electrons. The maximum absolute atomic E-state index is 12.8. The number of hydrogen-bond acceptors (Lipinski definition) is 5. The van der Waals surface area contributed by atoms with Crippen LogP contribution in [0.2, 0.25) is 0 Å². The number of rotatable bonds is 7. The van der Waals surface area contributed by atoms with Gasteiger partial charge in [0.1, 0.15) is 0 Å². The van der Waals surface area contributed by atoms with E-state index in [1.54, 1.807) is 25.1 Å². The molecule has 0 saturated carbocycles. The maximum atomic E-state index is 12.8. The Balaban J connectivity index is 2.15. The molecule has 2 aromatic rings. The molecule has 0 bridgehead atoms. The fourth-order valence-corrected chi connectivity index (χ4v) is 3.30. The smallest absolute Gasteiger partial charge is 0.305 e. The Hall–Kier alpha value is -2.61. The largest absolute Gasteiger partial charge is 0.481 e. The summed E-state index contributed by atoms with van der Waals surface area (Å²) in [4.78, 5) is 37.6. The number of carbonyl (C=O) groups is 3. The zero-order chi connectivity index (χ0) is 18.6. The average Bonchev–Trinajstić information content (AvgIpc) is 3.16. The third-order valence-corrected chi connectivity index (χ3v) is 4.69. The Morgan fingerprint density at radius 2 is 2.08 bits per heavy atom. The van der Waals surface area contributed by atoms with Crippen molar-refractivity contribution in [1.82, 2.24) is 4.90 Å². The lowest BCUT2D eigenvalue weighted by atomic mass is 10.2. The van der Waals surface area contributed by atoms with E-state index in [-0.39, 0.29) is 30.7 Å². The summed E-state index contributed by atoms with van der Waals surface area (Å²) in [5.41, 5.74) is 0.728. The quantitative estimate of drug-likeness (QED) is 0.786. The molecule has 0 aliphatic carbocycles. The van der Waals surface area contributed by atoms with Crippen LogP contribution in [-0.4, -0.2) is 40.4 Å².